The van der Waals surface area contributed by atoms with E-state index in [1.54, 1.807) is 19.9 Å². The maximum Gasteiger partial charge on any atom is 0.421 e. The van der Waals surface area contributed by atoms with Crippen molar-refractivity contribution in [2.24, 2.45) is 0 Å². The first kappa shape index (κ1) is 11.6. The molecule has 0 atom stereocenters. The van der Waals surface area contributed by atoms with Gasteiger partial charge in [-0.1, -0.05) is 17.7 Å². The number of fused-ring (bicyclic) bond motifs is 1. The van der Waals surface area contributed by atoms with Gasteiger partial charge in [0, 0.05) is 6.42 Å². The van der Waals surface area contributed by atoms with E-state index in [1.165, 1.54) is 6.07 Å². The zero-order chi connectivity index (χ0) is 12.1. The molecule has 1 aromatic rings. The highest BCUT2D eigenvalue weighted by Crippen LogP contribution is 2.47. The van der Waals surface area contributed by atoms with Gasteiger partial charge in [-0.15, -0.1) is 0 Å². The molecule has 0 aromatic heterocycles. The molecule has 0 radical (unpaired) electrons. The van der Waals surface area contributed by atoms with Gasteiger partial charge in [-0.25, -0.2) is 0 Å². The first-order valence-corrected chi connectivity index (χ1v) is 5.16. The number of alkyl halides is 3. The minimum atomic E-state index is -4.48. The van der Waals surface area contributed by atoms with Crippen molar-refractivity contribution in [3.63, 3.8) is 0 Å². The van der Waals surface area contributed by atoms with Gasteiger partial charge in [0.15, 0.2) is 0 Å². The van der Waals surface area contributed by atoms with Gasteiger partial charge in [-0.05, 0) is 25.5 Å². The molecule has 0 spiro atoms. The lowest BCUT2D eigenvalue weighted by Crippen LogP contribution is -2.25. The molecule has 5 heteroatoms. The molecule has 0 fully saturated rings. The molecule has 0 aliphatic carbocycles. The Bertz CT molecular complexity index is 438. The van der Waals surface area contributed by atoms with Gasteiger partial charge in [0.2, 0.25) is 0 Å². The lowest BCUT2D eigenvalue weighted by Gasteiger charge is -2.19. The van der Waals surface area contributed by atoms with Crippen molar-refractivity contribution < 1.29 is 17.9 Å². The smallest absolute Gasteiger partial charge is 0.421 e. The Morgan fingerprint density at radius 2 is 1.94 bits per heavy atom. The fourth-order valence-electron chi connectivity index (χ4n) is 1.89. The predicted molar refractivity (Wildman–Crippen MR) is 54.9 cm³/mol. The molecule has 88 valence electrons. The summed E-state index contributed by atoms with van der Waals surface area (Å²) in [4.78, 5) is 0. The molecular weight excluding hydrogens is 241 g/mol. The van der Waals surface area contributed by atoms with Crippen molar-refractivity contribution in [2.45, 2.75) is 32.0 Å². The van der Waals surface area contributed by atoms with Gasteiger partial charge >= 0.3 is 6.18 Å². The van der Waals surface area contributed by atoms with Gasteiger partial charge in [-0.3, -0.25) is 0 Å². The Morgan fingerprint density at radius 3 is 2.50 bits per heavy atom. The highest BCUT2D eigenvalue weighted by atomic mass is 35.5. The van der Waals surface area contributed by atoms with Crippen molar-refractivity contribution in [3.05, 3.63) is 28.3 Å². The van der Waals surface area contributed by atoms with Crippen molar-refractivity contribution in [1.29, 1.82) is 0 Å². The van der Waals surface area contributed by atoms with E-state index in [9.17, 15) is 13.2 Å². The van der Waals surface area contributed by atoms with Crippen LogP contribution in [0.5, 0.6) is 5.75 Å². The van der Waals surface area contributed by atoms with Crippen LogP contribution in [0.1, 0.15) is 25.0 Å². The summed E-state index contributed by atoms with van der Waals surface area (Å²) in [6.45, 7) is 3.50. The molecule has 0 bridgehead atoms. The van der Waals surface area contributed by atoms with Crippen LogP contribution in [0.15, 0.2) is 12.1 Å². The second-order valence-corrected chi connectivity index (χ2v) is 4.85. The molecule has 0 saturated carbocycles. The molecule has 1 heterocycles. The van der Waals surface area contributed by atoms with E-state index in [2.05, 4.69) is 0 Å². The van der Waals surface area contributed by atoms with Crippen LogP contribution in [-0.4, -0.2) is 5.60 Å². The van der Waals surface area contributed by atoms with Crippen LogP contribution in [0.3, 0.4) is 0 Å². The van der Waals surface area contributed by atoms with E-state index >= 15 is 0 Å². The molecule has 0 unspecified atom stereocenters. The number of halogens is 4. The molecule has 16 heavy (non-hydrogen) atoms. The zero-order valence-corrected chi connectivity index (χ0v) is 9.54. The van der Waals surface area contributed by atoms with Gasteiger partial charge in [0.05, 0.1) is 5.02 Å². The predicted octanol–water partition coefficient (Wildman–Crippen LogP) is 4.07. The molecular formula is C11H10ClF3O. The molecule has 1 aromatic carbocycles. The summed E-state index contributed by atoms with van der Waals surface area (Å²) in [5.41, 5.74) is -0.911. The first-order chi connectivity index (χ1) is 7.21. The summed E-state index contributed by atoms with van der Waals surface area (Å²) < 4.78 is 43.7. The maximum atomic E-state index is 12.8. The average Bonchev–Trinajstić information content (AvgIpc) is 2.35. The largest absolute Gasteiger partial charge is 0.487 e. The van der Waals surface area contributed by atoms with Crippen LogP contribution in [0, 0.1) is 0 Å². The number of benzene rings is 1. The summed E-state index contributed by atoms with van der Waals surface area (Å²) >= 11 is 5.59. The second-order valence-electron chi connectivity index (χ2n) is 4.45. The molecule has 0 amide bonds. The highest BCUT2D eigenvalue weighted by Gasteiger charge is 2.42. The fraction of sp³-hybridized carbons (Fsp3) is 0.455. The normalized spacial score (nSPS) is 18.1. The van der Waals surface area contributed by atoms with Crippen LogP contribution in [-0.2, 0) is 12.6 Å². The minimum absolute atomic E-state index is 0.120. The van der Waals surface area contributed by atoms with E-state index in [4.69, 9.17) is 16.3 Å². The third-order valence-corrected chi connectivity index (χ3v) is 2.78. The van der Waals surface area contributed by atoms with Crippen molar-refractivity contribution in [3.8, 4) is 5.75 Å². The number of rotatable bonds is 0. The average molecular weight is 251 g/mol. The lowest BCUT2D eigenvalue weighted by atomic mass is 10.0. The van der Waals surface area contributed by atoms with E-state index in [1.807, 2.05) is 0 Å². The van der Waals surface area contributed by atoms with Gasteiger partial charge in [0.1, 0.15) is 16.9 Å². The molecule has 1 aliphatic rings. The topological polar surface area (TPSA) is 9.23 Å². The SMILES string of the molecule is CC1(C)Cc2ccc(Cl)c(C(F)(F)F)c2O1. The summed E-state index contributed by atoms with van der Waals surface area (Å²) in [5, 5.41) is -0.316. The number of hydrogen-bond donors (Lipinski definition) is 0. The Hall–Kier alpha value is -0.900. The third-order valence-electron chi connectivity index (χ3n) is 2.47. The van der Waals surface area contributed by atoms with Crippen LogP contribution in [0.4, 0.5) is 13.2 Å². The van der Waals surface area contributed by atoms with Crippen LogP contribution < -0.4 is 4.74 Å². The standard InChI is InChI=1S/C11H10ClF3O/c1-10(2)5-6-3-4-7(12)8(9(6)16-10)11(13,14)15/h3-4H,5H2,1-2H3. The molecule has 0 N–H and O–H groups in total. The summed E-state index contributed by atoms with van der Waals surface area (Å²) in [7, 11) is 0. The molecule has 0 saturated heterocycles. The van der Waals surface area contributed by atoms with Crippen molar-refractivity contribution in [2.75, 3.05) is 0 Å². The molecule has 2 rings (SSSR count). The Balaban J connectivity index is 2.61. The fourth-order valence-corrected chi connectivity index (χ4v) is 2.15. The quantitative estimate of drug-likeness (QED) is 0.674. The molecule has 1 aliphatic heterocycles. The van der Waals surface area contributed by atoms with Gasteiger partial charge in [-0.2, -0.15) is 13.2 Å². The summed E-state index contributed by atoms with van der Waals surface area (Å²) in [5.74, 6) is -0.120. The van der Waals surface area contributed by atoms with E-state index in [0.29, 0.717) is 12.0 Å². The number of hydrogen-bond acceptors (Lipinski definition) is 1. The highest BCUT2D eigenvalue weighted by molar-refractivity contribution is 6.31. The summed E-state index contributed by atoms with van der Waals surface area (Å²) in [6.07, 6.45) is -4.02. The van der Waals surface area contributed by atoms with Crippen LogP contribution in [0.2, 0.25) is 5.02 Å². The van der Waals surface area contributed by atoms with E-state index in [-0.39, 0.29) is 10.8 Å². The van der Waals surface area contributed by atoms with Gasteiger partial charge in [0.25, 0.3) is 0 Å². The number of ether oxygens (including phenoxy) is 1. The van der Waals surface area contributed by atoms with Gasteiger partial charge < -0.3 is 4.74 Å². The Morgan fingerprint density at radius 1 is 1.31 bits per heavy atom. The maximum absolute atomic E-state index is 12.8. The van der Waals surface area contributed by atoms with Crippen LogP contribution >= 0.6 is 11.6 Å². The Labute approximate surface area is 96.2 Å². The molecule has 1 nitrogen and oxygen atoms in total. The zero-order valence-electron chi connectivity index (χ0n) is 8.78. The van der Waals surface area contributed by atoms with E-state index < -0.39 is 17.3 Å². The van der Waals surface area contributed by atoms with Crippen LogP contribution in [0.25, 0.3) is 0 Å². The Kier molecular flexibility index (Phi) is 2.38. The van der Waals surface area contributed by atoms with E-state index in [0.717, 1.165) is 0 Å². The second kappa shape index (κ2) is 3.29. The monoisotopic (exact) mass is 250 g/mol. The third kappa shape index (κ3) is 1.86. The van der Waals surface area contributed by atoms with Crippen molar-refractivity contribution >= 4 is 11.6 Å². The minimum Gasteiger partial charge on any atom is -0.487 e. The van der Waals surface area contributed by atoms with Crippen molar-refractivity contribution in [1.82, 2.24) is 0 Å². The summed E-state index contributed by atoms with van der Waals surface area (Å²) in [6, 6.07) is 2.86. The first-order valence-electron chi connectivity index (χ1n) is 4.78. The lowest BCUT2D eigenvalue weighted by molar-refractivity contribution is -0.139.